The molecule has 0 saturated heterocycles. The molecule has 31 heavy (non-hydrogen) atoms. The maximum absolute atomic E-state index is 12.7. The molecule has 7 nitrogen and oxygen atoms in total. The second-order valence-electron chi connectivity index (χ2n) is 7.13. The van der Waals surface area contributed by atoms with Crippen LogP contribution in [0, 0.1) is 0 Å². The molecule has 2 aromatic rings. The SMILES string of the molecule is CCC(=O)N(Cc1ccc(OC)cc1)C(C)C(=O)NCCc1ccc(OC)c(OC)c1. The summed E-state index contributed by atoms with van der Waals surface area (Å²) in [5, 5.41) is 2.94. The number of amides is 2. The molecule has 1 unspecified atom stereocenters. The van der Waals surface area contributed by atoms with Gasteiger partial charge in [-0.2, -0.15) is 0 Å². The third kappa shape index (κ3) is 6.64. The van der Waals surface area contributed by atoms with Gasteiger partial charge in [-0.1, -0.05) is 25.1 Å². The number of ether oxygens (including phenoxy) is 3. The van der Waals surface area contributed by atoms with Gasteiger partial charge in [0.15, 0.2) is 11.5 Å². The third-order valence-electron chi connectivity index (χ3n) is 5.14. The number of nitrogens with one attached hydrogen (secondary N) is 1. The van der Waals surface area contributed by atoms with Crippen LogP contribution in [0.1, 0.15) is 31.4 Å². The first-order valence-corrected chi connectivity index (χ1v) is 10.3. The van der Waals surface area contributed by atoms with Crippen molar-refractivity contribution in [3.8, 4) is 17.2 Å². The van der Waals surface area contributed by atoms with Crippen molar-refractivity contribution in [1.29, 1.82) is 0 Å². The third-order valence-corrected chi connectivity index (χ3v) is 5.14. The van der Waals surface area contributed by atoms with Gasteiger partial charge in [0.25, 0.3) is 0 Å². The van der Waals surface area contributed by atoms with Crippen LogP contribution < -0.4 is 19.5 Å². The Labute approximate surface area is 184 Å². The maximum atomic E-state index is 12.7. The molecule has 1 atom stereocenters. The Balaban J connectivity index is 1.98. The van der Waals surface area contributed by atoms with Gasteiger partial charge in [-0.05, 0) is 48.7 Å². The van der Waals surface area contributed by atoms with Gasteiger partial charge in [-0.25, -0.2) is 0 Å². The molecule has 1 N–H and O–H groups in total. The van der Waals surface area contributed by atoms with Crippen LogP contribution in [0.3, 0.4) is 0 Å². The zero-order chi connectivity index (χ0) is 22.8. The summed E-state index contributed by atoms with van der Waals surface area (Å²) in [5.41, 5.74) is 1.96. The highest BCUT2D eigenvalue weighted by Gasteiger charge is 2.24. The van der Waals surface area contributed by atoms with Crippen LogP contribution in [-0.4, -0.2) is 50.6 Å². The largest absolute Gasteiger partial charge is 0.497 e. The molecule has 0 fully saturated rings. The molecular weight excluding hydrogens is 396 g/mol. The highest BCUT2D eigenvalue weighted by atomic mass is 16.5. The van der Waals surface area contributed by atoms with Crippen molar-refractivity contribution in [2.75, 3.05) is 27.9 Å². The molecule has 0 radical (unpaired) electrons. The van der Waals surface area contributed by atoms with E-state index in [1.165, 1.54) is 0 Å². The van der Waals surface area contributed by atoms with Crippen LogP contribution in [0.4, 0.5) is 0 Å². The molecule has 2 rings (SSSR count). The summed E-state index contributed by atoms with van der Waals surface area (Å²) in [4.78, 5) is 26.9. The fourth-order valence-corrected chi connectivity index (χ4v) is 3.23. The number of benzene rings is 2. The van der Waals surface area contributed by atoms with Crippen molar-refractivity contribution >= 4 is 11.8 Å². The number of methoxy groups -OCH3 is 3. The molecule has 0 heterocycles. The Morgan fingerprint density at radius 3 is 2.16 bits per heavy atom. The summed E-state index contributed by atoms with van der Waals surface area (Å²) < 4.78 is 15.7. The molecule has 2 aromatic carbocycles. The van der Waals surface area contributed by atoms with Crippen molar-refractivity contribution in [1.82, 2.24) is 10.2 Å². The van der Waals surface area contributed by atoms with Crippen LogP contribution in [0.25, 0.3) is 0 Å². The minimum absolute atomic E-state index is 0.0710. The topological polar surface area (TPSA) is 77.1 Å². The normalized spacial score (nSPS) is 11.4. The molecule has 0 aliphatic heterocycles. The van der Waals surface area contributed by atoms with Crippen molar-refractivity contribution in [3.63, 3.8) is 0 Å². The van der Waals surface area contributed by atoms with E-state index in [2.05, 4.69) is 5.32 Å². The van der Waals surface area contributed by atoms with E-state index in [0.717, 1.165) is 16.9 Å². The monoisotopic (exact) mass is 428 g/mol. The van der Waals surface area contributed by atoms with Gasteiger partial charge in [-0.3, -0.25) is 9.59 Å². The van der Waals surface area contributed by atoms with E-state index in [0.29, 0.717) is 37.4 Å². The Hall–Kier alpha value is -3.22. The van der Waals surface area contributed by atoms with Crippen molar-refractivity contribution < 1.29 is 23.8 Å². The minimum atomic E-state index is -0.583. The fraction of sp³-hybridized carbons (Fsp3) is 0.417. The number of rotatable bonds is 11. The first kappa shape index (κ1) is 24.1. The molecule has 0 aliphatic carbocycles. The van der Waals surface area contributed by atoms with Crippen LogP contribution >= 0.6 is 0 Å². The highest BCUT2D eigenvalue weighted by Crippen LogP contribution is 2.27. The van der Waals surface area contributed by atoms with E-state index in [1.807, 2.05) is 42.5 Å². The summed E-state index contributed by atoms with van der Waals surface area (Å²) in [7, 11) is 4.79. The number of hydrogen-bond donors (Lipinski definition) is 1. The molecule has 0 spiro atoms. The van der Waals surface area contributed by atoms with Crippen molar-refractivity contribution in [2.45, 2.75) is 39.3 Å². The van der Waals surface area contributed by atoms with Gasteiger partial charge in [0.05, 0.1) is 21.3 Å². The minimum Gasteiger partial charge on any atom is -0.497 e. The summed E-state index contributed by atoms with van der Waals surface area (Å²) in [6.07, 6.45) is 0.971. The predicted molar refractivity (Wildman–Crippen MR) is 120 cm³/mol. The first-order chi connectivity index (χ1) is 14.9. The molecular formula is C24H32N2O5. The summed E-state index contributed by atoms with van der Waals surface area (Å²) in [6.45, 7) is 4.37. The molecule has 0 aliphatic rings. The van der Waals surface area contributed by atoms with Crippen LogP contribution in [0.5, 0.6) is 17.2 Å². The summed E-state index contributed by atoms with van der Waals surface area (Å²) >= 11 is 0. The summed E-state index contributed by atoms with van der Waals surface area (Å²) in [5.74, 6) is 1.81. The molecule has 0 saturated carbocycles. The number of carbonyl (C=O) groups excluding carboxylic acids is 2. The molecule has 0 aromatic heterocycles. The lowest BCUT2D eigenvalue weighted by molar-refractivity contribution is -0.140. The number of hydrogen-bond acceptors (Lipinski definition) is 5. The molecule has 0 bridgehead atoms. The van der Waals surface area contributed by atoms with Gasteiger partial charge in [0.1, 0.15) is 11.8 Å². The smallest absolute Gasteiger partial charge is 0.242 e. The van der Waals surface area contributed by atoms with Gasteiger partial charge >= 0.3 is 0 Å². The van der Waals surface area contributed by atoms with E-state index in [1.54, 1.807) is 40.1 Å². The van der Waals surface area contributed by atoms with Crippen molar-refractivity contribution in [2.24, 2.45) is 0 Å². The Morgan fingerprint density at radius 2 is 1.58 bits per heavy atom. The van der Waals surface area contributed by atoms with Crippen LogP contribution in [0.2, 0.25) is 0 Å². The van der Waals surface area contributed by atoms with Gasteiger partial charge in [0.2, 0.25) is 11.8 Å². The number of nitrogens with zero attached hydrogens (tertiary/aromatic N) is 1. The molecule has 7 heteroatoms. The van der Waals surface area contributed by atoms with Gasteiger partial charge in [0, 0.05) is 19.5 Å². The average molecular weight is 429 g/mol. The zero-order valence-electron chi connectivity index (χ0n) is 18.9. The van der Waals surface area contributed by atoms with Crippen LogP contribution in [-0.2, 0) is 22.6 Å². The van der Waals surface area contributed by atoms with E-state index >= 15 is 0 Å². The van der Waals surface area contributed by atoms with Gasteiger partial charge in [-0.15, -0.1) is 0 Å². The summed E-state index contributed by atoms with van der Waals surface area (Å²) in [6, 6.07) is 12.6. The van der Waals surface area contributed by atoms with Crippen LogP contribution in [0.15, 0.2) is 42.5 Å². The van der Waals surface area contributed by atoms with Gasteiger partial charge < -0.3 is 24.4 Å². The molecule has 2 amide bonds. The van der Waals surface area contributed by atoms with Crippen molar-refractivity contribution in [3.05, 3.63) is 53.6 Å². The van der Waals surface area contributed by atoms with E-state index in [-0.39, 0.29) is 11.8 Å². The first-order valence-electron chi connectivity index (χ1n) is 10.3. The Kier molecular flexibility index (Phi) is 9.18. The quantitative estimate of drug-likeness (QED) is 0.595. The van der Waals surface area contributed by atoms with E-state index in [9.17, 15) is 9.59 Å². The average Bonchev–Trinajstić information content (AvgIpc) is 2.81. The lowest BCUT2D eigenvalue weighted by Crippen LogP contribution is -2.47. The van der Waals surface area contributed by atoms with E-state index in [4.69, 9.17) is 14.2 Å². The Morgan fingerprint density at radius 1 is 0.935 bits per heavy atom. The lowest BCUT2D eigenvalue weighted by atomic mass is 10.1. The lowest BCUT2D eigenvalue weighted by Gasteiger charge is -2.28. The second kappa shape index (κ2) is 11.8. The zero-order valence-corrected chi connectivity index (χ0v) is 18.9. The highest BCUT2D eigenvalue weighted by molar-refractivity contribution is 5.87. The predicted octanol–water partition coefficient (Wildman–Crippen LogP) is 3.20. The second-order valence-corrected chi connectivity index (χ2v) is 7.13. The number of carbonyl (C=O) groups is 2. The maximum Gasteiger partial charge on any atom is 0.242 e. The molecule has 168 valence electrons. The van der Waals surface area contributed by atoms with E-state index < -0.39 is 6.04 Å². The standard InChI is InChI=1S/C24H32N2O5/c1-6-23(27)26(16-19-7-10-20(29-3)11-8-19)17(2)24(28)25-14-13-18-9-12-21(30-4)22(15-18)31-5/h7-12,15,17H,6,13-14,16H2,1-5H3,(H,25,28). The Bertz CT molecular complexity index is 867. The fourth-order valence-electron chi connectivity index (χ4n) is 3.23.